The zero-order chi connectivity index (χ0) is 21.8. The second-order valence-corrected chi connectivity index (χ2v) is 7.70. The van der Waals surface area contributed by atoms with Crippen molar-refractivity contribution in [2.75, 3.05) is 5.32 Å². The van der Waals surface area contributed by atoms with E-state index in [0.717, 1.165) is 41.0 Å². The monoisotopic (exact) mass is 428 g/mol. The van der Waals surface area contributed by atoms with E-state index in [1.54, 1.807) is 24.5 Å². The van der Waals surface area contributed by atoms with E-state index in [1.165, 1.54) is 31.4 Å². The molecule has 1 fully saturated rings. The Kier molecular flexibility index (Phi) is 6.06. The molecule has 2 heterocycles. The van der Waals surface area contributed by atoms with Gasteiger partial charge in [0.15, 0.2) is 0 Å². The average molecular weight is 428 g/mol. The maximum absolute atomic E-state index is 12.4. The highest BCUT2D eigenvalue weighted by molar-refractivity contribution is 5.71. The second-order valence-electron chi connectivity index (χ2n) is 7.70. The smallest absolute Gasteiger partial charge is 0.406 e. The minimum atomic E-state index is -4.71. The first-order valence-electron chi connectivity index (χ1n) is 10.3. The molecule has 1 aliphatic rings. The van der Waals surface area contributed by atoms with Crippen molar-refractivity contribution in [3.8, 4) is 28.1 Å². The van der Waals surface area contributed by atoms with Crippen LogP contribution in [0.4, 0.5) is 19.0 Å². The number of ether oxygens (including phenoxy) is 1. The first kappa shape index (κ1) is 21.1. The van der Waals surface area contributed by atoms with E-state index < -0.39 is 6.36 Å². The minimum absolute atomic E-state index is 0.259. The van der Waals surface area contributed by atoms with E-state index in [4.69, 9.17) is 0 Å². The quantitative estimate of drug-likeness (QED) is 0.528. The number of hydrogen-bond donors (Lipinski definition) is 1. The predicted molar refractivity (Wildman–Crippen MR) is 113 cm³/mol. The molecule has 1 aromatic carbocycles. The highest BCUT2D eigenvalue weighted by Crippen LogP contribution is 2.29. The zero-order valence-electron chi connectivity index (χ0n) is 17.1. The molecule has 0 unspecified atom stereocenters. The lowest BCUT2D eigenvalue weighted by Gasteiger charge is -2.23. The Labute approximate surface area is 178 Å². The summed E-state index contributed by atoms with van der Waals surface area (Å²) < 4.78 is 41.0. The Bertz CT molecular complexity index is 1030. The van der Waals surface area contributed by atoms with Crippen LogP contribution in [0.2, 0.25) is 0 Å². The van der Waals surface area contributed by atoms with Gasteiger partial charge in [-0.15, -0.1) is 13.2 Å². The Morgan fingerprint density at radius 3 is 2.32 bits per heavy atom. The van der Waals surface area contributed by atoms with Gasteiger partial charge in [-0.25, -0.2) is 9.97 Å². The molecular weight excluding hydrogens is 405 g/mol. The first-order valence-corrected chi connectivity index (χ1v) is 10.3. The fraction of sp³-hybridized carbons (Fsp3) is 0.348. The zero-order valence-corrected chi connectivity index (χ0v) is 17.1. The summed E-state index contributed by atoms with van der Waals surface area (Å²) >= 11 is 0. The molecule has 0 spiro atoms. The van der Waals surface area contributed by atoms with Crippen molar-refractivity contribution in [3.63, 3.8) is 0 Å². The normalized spacial score (nSPS) is 15.0. The maximum Gasteiger partial charge on any atom is 0.573 e. The molecule has 3 aromatic rings. The Hall–Kier alpha value is -3.16. The van der Waals surface area contributed by atoms with E-state index in [2.05, 4.69) is 25.0 Å². The Morgan fingerprint density at radius 2 is 1.61 bits per heavy atom. The van der Waals surface area contributed by atoms with Crippen LogP contribution < -0.4 is 10.1 Å². The maximum atomic E-state index is 12.4. The van der Waals surface area contributed by atoms with Crippen LogP contribution in [0, 0.1) is 6.92 Å². The number of halogens is 3. The number of benzene rings is 1. The molecule has 2 aromatic heterocycles. The third-order valence-electron chi connectivity index (χ3n) is 5.25. The first-order chi connectivity index (χ1) is 14.9. The summed E-state index contributed by atoms with van der Waals surface area (Å²) in [6.45, 7) is 1.85. The number of nitrogens with zero attached hydrogens (tertiary/aromatic N) is 3. The molecule has 0 aliphatic heterocycles. The van der Waals surface area contributed by atoms with Gasteiger partial charge in [0.05, 0.1) is 5.69 Å². The summed E-state index contributed by atoms with van der Waals surface area (Å²) in [4.78, 5) is 13.4. The van der Waals surface area contributed by atoms with Gasteiger partial charge >= 0.3 is 6.36 Å². The molecule has 0 atom stereocenters. The fourth-order valence-electron chi connectivity index (χ4n) is 3.83. The molecule has 0 radical (unpaired) electrons. The van der Waals surface area contributed by atoms with E-state index >= 15 is 0 Å². The molecule has 1 saturated carbocycles. The van der Waals surface area contributed by atoms with Crippen molar-refractivity contribution < 1.29 is 17.9 Å². The van der Waals surface area contributed by atoms with E-state index in [-0.39, 0.29) is 5.75 Å². The van der Waals surface area contributed by atoms with Crippen molar-refractivity contribution >= 4 is 5.82 Å². The van der Waals surface area contributed by atoms with Gasteiger partial charge in [-0.05, 0) is 43.5 Å². The standard InChI is InChI=1S/C23H23F3N4O/c1-15-28-21(12-22(29-15)30-19-5-3-2-4-6-19)18-11-17(13-27-14-18)16-7-9-20(10-8-16)31-23(24,25)26/h7-14,19H,2-6H2,1H3,(H,28,29,30). The molecule has 8 heteroatoms. The van der Waals surface area contributed by atoms with Crippen LogP contribution in [0.25, 0.3) is 22.4 Å². The molecule has 0 bridgehead atoms. The number of alkyl halides is 3. The Morgan fingerprint density at radius 1 is 0.903 bits per heavy atom. The van der Waals surface area contributed by atoms with E-state index in [9.17, 15) is 13.2 Å². The van der Waals surface area contributed by atoms with Crippen molar-refractivity contribution in [1.29, 1.82) is 0 Å². The molecule has 162 valence electrons. The number of aromatic nitrogens is 3. The Balaban J connectivity index is 1.56. The molecule has 4 rings (SSSR count). The topological polar surface area (TPSA) is 59.9 Å². The van der Waals surface area contributed by atoms with Gasteiger partial charge in [0.1, 0.15) is 17.4 Å². The third kappa shape index (κ3) is 5.71. The highest BCUT2D eigenvalue weighted by Gasteiger charge is 2.31. The van der Waals surface area contributed by atoms with Gasteiger partial charge in [-0.2, -0.15) is 0 Å². The van der Waals surface area contributed by atoms with Crippen molar-refractivity contribution in [1.82, 2.24) is 15.0 Å². The lowest BCUT2D eigenvalue weighted by molar-refractivity contribution is -0.274. The van der Waals surface area contributed by atoms with Crippen LogP contribution in [-0.2, 0) is 0 Å². The van der Waals surface area contributed by atoms with Gasteiger partial charge in [0.2, 0.25) is 0 Å². The number of anilines is 1. The lowest BCUT2D eigenvalue weighted by atomic mass is 9.95. The number of pyridine rings is 1. The largest absolute Gasteiger partial charge is 0.573 e. The van der Waals surface area contributed by atoms with Gasteiger partial charge in [-0.3, -0.25) is 4.98 Å². The summed E-state index contributed by atoms with van der Waals surface area (Å²) in [5, 5.41) is 3.53. The average Bonchev–Trinajstić information content (AvgIpc) is 2.74. The van der Waals surface area contributed by atoms with Crippen molar-refractivity contribution in [2.24, 2.45) is 0 Å². The van der Waals surface area contributed by atoms with Crippen molar-refractivity contribution in [2.45, 2.75) is 51.4 Å². The molecule has 5 nitrogen and oxygen atoms in total. The van der Waals surface area contributed by atoms with Gasteiger partial charge in [0.25, 0.3) is 0 Å². The summed E-state index contributed by atoms with van der Waals surface area (Å²) in [5.74, 6) is 1.20. The molecule has 0 amide bonds. The molecule has 31 heavy (non-hydrogen) atoms. The molecule has 1 aliphatic carbocycles. The van der Waals surface area contributed by atoms with Crippen LogP contribution >= 0.6 is 0 Å². The van der Waals surface area contributed by atoms with Crippen molar-refractivity contribution in [3.05, 3.63) is 54.6 Å². The van der Waals surface area contributed by atoms with Crippen LogP contribution in [0.3, 0.4) is 0 Å². The van der Waals surface area contributed by atoms with E-state index in [0.29, 0.717) is 11.9 Å². The summed E-state index contributed by atoms with van der Waals surface area (Å²) in [5.41, 5.74) is 3.06. The summed E-state index contributed by atoms with van der Waals surface area (Å²) in [7, 11) is 0. The van der Waals surface area contributed by atoms with Crippen LogP contribution in [0.1, 0.15) is 37.9 Å². The van der Waals surface area contributed by atoms with Crippen LogP contribution in [0.15, 0.2) is 48.8 Å². The van der Waals surface area contributed by atoms with Gasteiger partial charge in [0, 0.05) is 35.6 Å². The lowest BCUT2D eigenvalue weighted by Crippen LogP contribution is -2.23. The van der Waals surface area contributed by atoms with E-state index in [1.807, 2.05) is 19.1 Å². The van der Waals surface area contributed by atoms with Crippen LogP contribution in [-0.4, -0.2) is 27.4 Å². The molecule has 1 N–H and O–H groups in total. The second kappa shape index (κ2) is 8.91. The number of rotatable bonds is 5. The van der Waals surface area contributed by atoms with Crippen LogP contribution in [0.5, 0.6) is 5.75 Å². The number of hydrogen-bond acceptors (Lipinski definition) is 5. The third-order valence-corrected chi connectivity index (χ3v) is 5.25. The highest BCUT2D eigenvalue weighted by atomic mass is 19.4. The van der Waals surface area contributed by atoms with Gasteiger partial charge < -0.3 is 10.1 Å². The summed E-state index contributed by atoms with van der Waals surface area (Å²) in [6, 6.07) is 9.98. The SMILES string of the molecule is Cc1nc(NC2CCCCC2)cc(-c2cncc(-c3ccc(OC(F)(F)F)cc3)c2)n1. The number of nitrogens with one attached hydrogen (secondary N) is 1. The summed E-state index contributed by atoms with van der Waals surface area (Å²) in [6.07, 6.45) is 4.70. The minimum Gasteiger partial charge on any atom is -0.406 e. The number of aryl methyl sites for hydroxylation is 1. The predicted octanol–water partition coefficient (Wildman–Crippen LogP) is 6.16. The van der Waals surface area contributed by atoms with Gasteiger partial charge in [-0.1, -0.05) is 31.4 Å². The molecular formula is C23H23F3N4O. The molecule has 0 saturated heterocycles. The fourth-order valence-corrected chi connectivity index (χ4v) is 3.83.